The quantitative estimate of drug-likeness (QED) is 0.457. The van der Waals surface area contributed by atoms with E-state index >= 15 is 0 Å². The summed E-state index contributed by atoms with van der Waals surface area (Å²) in [4.78, 5) is 10.1. The lowest BCUT2D eigenvalue weighted by atomic mass is 10.2. The van der Waals surface area contributed by atoms with Crippen molar-refractivity contribution in [1.29, 1.82) is 0 Å². The Morgan fingerprint density at radius 3 is 1.80 bits per heavy atom. The van der Waals surface area contributed by atoms with E-state index in [0.717, 1.165) is 0 Å². The van der Waals surface area contributed by atoms with Gasteiger partial charge in [-0.1, -0.05) is 20.8 Å². The molecule has 0 aliphatic carbocycles. The highest BCUT2D eigenvalue weighted by Crippen LogP contribution is 2.35. The molecule has 0 aromatic carbocycles. The standard InChI is InChI=1S/C7H16O2Si/c1-7(2,3)10(4,5)9-6-8/h6H,1-5H3. The van der Waals surface area contributed by atoms with E-state index in [-0.39, 0.29) is 5.04 Å². The van der Waals surface area contributed by atoms with Gasteiger partial charge in [0.1, 0.15) is 0 Å². The van der Waals surface area contributed by atoms with Crippen LogP contribution in [-0.4, -0.2) is 14.8 Å². The predicted molar refractivity (Wildman–Crippen MR) is 44.3 cm³/mol. The summed E-state index contributed by atoms with van der Waals surface area (Å²) in [6.45, 7) is 11.0. The molecule has 0 heterocycles. The third-order valence-electron chi connectivity index (χ3n) is 2.15. The predicted octanol–water partition coefficient (Wildman–Crippen LogP) is 2.16. The van der Waals surface area contributed by atoms with Crippen molar-refractivity contribution in [2.45, 2.75) is 38.9 Å². The normalized spacial score (nSPS) is 12.9. The molecular weight excluding hydrogens is 144 g/mol. The molecule has 0 aromatic heterocycles. The van der Waals surface area contributed by atoms with Gasteiger partial charge in [-0.3, -0.25) is 4.79 Å². The van der Waals surface area contributed by atoms with E-state index in [1.54, 1.807) is 0 Å². The first-order chi connectivity index (χ1) is 4.31. The maximum Gasteiger partial charge on any atom is 0.279 e. The van der Waals surface area contributed by atoms with Gasteiger partial charge in [0.25, 0.3) is 14.8 Å². The molecule has 0 rings (SSSR count). The second-order valence-electron chi connectivity index (χ2n) is 3.97. The lowest BCUT2D eigenvalue weighted by molar-refractivity contribution is -0.121. The Balaban J connectivity index is 4.23. The third kappa shape index (κ3) is 2.14. The van der Waals surface area contributed by atoms with Crippen LogP contribution in [0.1, 0.15) is 20.8 Å². The van der Waals surface area contributed by atoms with Gasteiger partial charge >= 0.3 is 0 Å². The van der Waals surface area contributed by atoms with Gasteiger partial charge in [0.05, 0.1) is 0 Å². The zero-order valence-electron chi connectivity index (χ0n) is 7.39. The lowest BCUT2D eigenvalue weighted by Gasteiger charge is -2.33. The van der Waals surface area contributed by atoms with Crippen LogP contribution in [-0.2, 0) is 9.22 Å². The Morgan fingerprint density at radius 1 is 1.30 bits per heavy atom. The van der Waals surface area contributed by atoms with Crippen LogP contribution in [0.4, 0.5) is 0 Å². The molecule has 0 aromatic rings. The highest BCUT2D eigenvalue weighted by molar-refractivity contribution is 6.75. The molecule has 0 unspecified atom stereocenters. The summed E-state index contributed by atoms with van der Waals surface area (Å²) < 4.78 is 5.05. The molecule has 0 spiro atoms. The number of hydrogen-bond donors (Lipinski definition) is 0. The van der Waals surface area contributed by atoms with Crippen molar-refractivity contribution in [3.8, 4) is 0 Å². The van der Waals surface area contributed by atoms with Crippen molar-refractivity contribution in [2.24, 2.45) is 0 Å². The first-order valence-electron chi connectivity index (χ1n) is 3.43. The van der Waals surface area contributed by atoms with Gasteiger partial charge in [-0.05, 0) is 18.1 Å². The minimum absolute atomic E-state index is 0.133. The largest absolute Gasteiger partial charge is 0.521 e. The maximum atomic E-state index is 10.1. The summed E-state index contributed by atoms with van der Waals surface area (Å²) in [5.74, 6) is 0. The number of rotatable bonds is 2. The van der Waals surface area contributed by atoms with Gasteiger partial charge in [0.15, 0.2) is 0 Å². The molecular formula is C7H16O2Si. The van der Waals surface area contributed by atoms with Crippen LogP contribution in [0.3, 0.4) is 0 Å². The number of carbonyl (C=O) groups excluding carboxylic acids is 1. The summed E-state index contributed by atoms with van der Waals surface area (Å²) in [6, 6.07) is 0. The fourth-order valence-corrected chi connectivity index (χ4v) is 0.891. The minimum atomic E-state index is -1.77. The van der Waals surface area contributed by atoms with Gasteiger partial charge in [-0.2, -0.15) is 0 Å². The van der Waals surface area contributed by atoms with Crippen LogP contribution in [0.15, 0.2) is 0 Å². The molecule has 60 valence electrons. The first-order valence-corrected chi connectivity index (χ1v) is 6.33. The Labute approximate surface area is 63.7 Å². The van der Waals surface area contributed by atoms with Crippen LogP contribution in [0.2, 0.25) is 18.1 Å². The van der Waals surface area contributed by atoms with Crippen LogP contribution in [0, 0.1) is 0 Å². The van der Waals surface area contributed by atoms with Crippen molar-refractivity contribution in [3.05, 3.63) is 0 Å². The lowest BCUT2D eigenvalue weighted by Crippen LogP contribution is -2.40. The van der Waals surface area contributed by atoms with Crippen molar-refractivity contribution >= 4 is 14.8 Å². The maximum absolute atomic E-state index is 10.1. The number of carbonyl (C=O) groups is 1. The molecule has 10 heavy (non-hydrogen) atoms. The van der Waals surface area contributed by atoms with Gasteiger partial charge in [-0.15, -0.1) is 0 Å². The van der Waals surface area contributed by atoms with Gasteiger partial charge in [-0.25, -0.2) is 0 Å². The zero-order valence-corrected chi connectivity index (χ0v) is 8.39. The molecule has 0 bridgehead atoms. The monoisotopic (exact) mass is 160 g/mol. The van der Waals surface area contributed by atoms with E-state index in [1.165, 1.54) is 0 Å². The molecule has 0 atom stereocenters. The molecule has 0 radical (unpaired) electrons. The van der Waals surface area contributed by atoms with Crippen LogP contribution < -0.4 is 0 Å². The molecule has 0 aliphatic rings. The van der Waals surface area contributed by atoms with Crippen LogP contribution in [0.25, 0.3) is 0 Å². The molecule has 0 fully saturated rings. The van der Waals surface area contributed by atoms with Crippen molar-refractivity contribution in [1.82, 2.24) is 0 Å². The fourth-order valence-electron chi connectivity index (χ4n) is 0.297. The zero-order chi connectivity index (χ0) is 8.41. The Kier molecular flexibility index (Phi) is 2.65. The molecule has 0 N–H and O–H groups in total. The summed E-state index contributed by atoms with van der Waals surface area (Å²) in [7, 11) is -1.77. The molecule has 0 saturated heterocycles. The average Bonchev–Trinajstić information content (AvgIpc) is 1.61. The number of hydrogen-bond acceptors (Lipinski definition) is 2. The minimum Gasteiger partial charge on any atom is -0.521 e. The summed E-state index contributed by atoms with van der Waals surface area (Å²) >= 11 is 0. The van der Waals surface area contributed by atoms with E-state index in [2.05, 4.69) is 20.8 Å². The van der Waals surface area contributed by atoms with Gasteiger partial charge in [0, 0.05) is 0 Å². The molecule has 0 amide bonds. The Morgan fingerprint density at radius 2 is 1.70 bits per heavy atom. The second-order valence-corrected chi connectivity index (χ2v) is 8.73. The van der Waals surface area contributed by atoms with E-state index in [1.807, 2.05) is 13.1 Å². The first kappa shape index (κ1) is 9.69. The van der Waals surface area contributed by atoms with E-state index in [0.29, 0.717) is 6.47 Å². The van der Waals surface area contributed by atoms with Crippen LogP contribution >= 0.6 is 0 Å². The summed E-state index contributed by atoms with van der Waals surface area (Å²) in [5.41, 5.74) is 0. The molecule has 2 nitrogen and oxygen atoms in total. The smallest absolute Gasteiger partial charge is 0.279 e. The summed E-state index contributed by atoms with van der Waals surface area (Å²) in [6.07, 6.45) is 0. The van der Waals surface area contributed by atoms with E-state index < -0.39 is 8.32 Å². The molecule has 0 saturated carbocycles. The Hall–Kier alpha value is -0.313. The Bertz CT molecular complexity index is 124. The molecule has 0 aliphatic heterocycles. The van der Waals surface area contributed by atoms with Gasteiger partial charge < -0.3 is 4.43 Å². The topological polar surface area (TPSA) is 26.3 Å². The van der Waals surface area contributed by atoms with Crippen molar-refractivity contribution < 1.29 is 9.22 Å². The average molecular weight is 160 g/mol. The van der Waals surface area contributed by atoms with Gasteiger partial charge in [0.2, 0.25) is 0 Å². The third-order valence-corrected chi connectivity index (χ3v) is 6.45. The SMILES string of the molecule is CC(C)(C)[Si](C)(C)OC=O. The molecule has 3 heteroatoms. The van der Waals surface area contributed by atoms with Crippen LogP contribution in [0.5, 0.6) is 0 Å². The summed E-state index contributed by atoms with van der Waals surface area (Å²) in [5, 5.41) is 0.133. The highest BCUT2D eigenvalue weighted by atomic mass is 28.4. The van der Waals surface area contributed by atoms with Crippen molar-refractivity contribution in [2.75, 3.05) is 0 Å². The van der Waals surface area contributed by atoms with E-state index in [9.17, 15) is 4.79 Å². The second kappa shape index (κ2) is 2.74. The van der Waals surface area contributed by atoms with Crippen molar-refractivity contribution in [3.63, 3.8) is 0 Å². The van der Waals surface area contributed by atoms with E-state index in [4.69, 9.17) is 4.43 Å². The fraction of sp³-hybridized carbons (Fsp3) is 0.857. The highest BCUT2D eigenvalue weighted by Gasteiger charge is 2.38.